The minimum atomic E-state index is -0.236. The molecular weight excluding hydrogens is 390 g/mol. The molecule has 0 aromatic heterocycles. The third-order valence-electron chi connectivity index (χ3n) is 5.40. The summed E-state index contributed by atoms with van der Waals surface area (Å²) in [6, 6.07) is 21.6. The normalized spacial score (nSPS) is 13.5. The van der Waals surface area contributed by atoms with E-state index >= 15 is 0 Å². The van der Waals surface area contributed by atoms with Crippen molar-refractivity contribution in [1.29, 1.82) is 0 Å². The van der Waals surface area contributed by atoms with Gasteiger partial charge in [0.25, 0.3) is 11.8 Å². The Kier molecular flexibility index (Phi) is 5.52. The summed E-state index contributed by atoms with van der Waals surface area (Å²) in [5, 5.41) is 0. The highest BCUT2D eigenvalue weighted by molar-refractivity contribution is 7.99. The average molecular weight is 416 g/mol. The van der Waals surface area contributed by atoms with Gasteiger partial charge in [-0.25, -0.2) is 4.90 Å². The summed E-state index contributed by atoms with van der Waals surface area (Å²) >= 11 is 1.59. The molecule has 30 heavy (non-hydrogen) atoms. The highest BCUT2D eigenvalue weighted by Crippen LogP contribution is 2.40. The van der Waals surface area contributed by atoms with E-state index in [1.807, 2.05) is 60.7 Å². The molecule has 3 aromatic rings. The van der Waals surface area contributed by atoms with Crippen molar-refractivity contribution in [2.75, 3.05) is 4.90 Å². The molecular formula is C26H25NO2S. The van der Waals surface area contributed by atoms with Crippen LogP contribution in [0.5, 0.6) is 0 Å². The maximum Gasteiger partial charge on any atom is 0.266 e. The van der Waals surface area contributed by atoms with Gasteiger partial charge in [0.1, 0.15) is 0 Å². The van der Waals surface area contributed by atoms with Gasteiger partial charge >= 0.3 is 0 Å². The second-order valence-electron chi connectivity index (χ2n) is 8.16. The minimum Gasteiger partial charge on any atom is -0.268 e. The van der Waals surface area contributed by atoms with Crippen molar-refractivity contribution in [1.82, 2.24) is 0 Å². The average Bonchev–Trinajstić information content (AvgIpc) is 2.97. The van der Waals surface area contributed by atoms with Crippen molar-refractivity contribution >= 4 is 29.3 Å². The summed E-state index contributed by atoms with van der Waals surface area (Å²) in [4.78, 5) is 30.2. The van der Waals surface area contributed by atoms with E-state index in [2.05, 4.69) is 27.7 Å². The Balaban J connectivity index is 1.78. The molecule has 0 unspecified atom stereocenters. The lowest BCUT2D eigenvalue weighted by atomic mass is 9.92. The number of nitrogens with zero attached hydrogens (tertiary/aromatic N) is 1. The Bertz CT molecular complexity index is 1090. The van der Waals surface area contributed by atoms with Gasteiger partial charge in [0.15, 0.2) is 0 Å². The van der Waals surface area contributed by atoms with Gasteiger partial charge in [-0.3, -0.25) is 9.59 Å². The van der Waals surface area contributed by atoms with E-state index in [0.717, 1.165) is 26.6 Å². The monoisotopic (exact) mass is 415 g/mol. The van der Waals surface area contributed by atoms with Crippen LogP contribution >= 0.6 is 11.8 Å². The number of rotatable bonds is 5. The molecule has 0 saturated carbocycles. The van der Waals surface area contributed by atoms with Crippen LogP contribution in [0.2, 0.25) is 0 Å². The lowest BCUT2D eigenvalue weighted by Gasteiger charge is -2.25. The van der Waals surface area contributed by atoms with Crippen molar-refractivity contribution in [2.45, 2.75) is 49.3 Å². The molecule has 1 aliphatic heterocycles. The van der Waals surface area contributed by atoms with Gasteiger partial charge in [-0.1, -0.05) is 75.9 Å². The predicted molar refractivity (Wildman–Crippen MR) is 123 cm³/mol. The Morgan fingerprint density at radius 3 is 1.87 bits per heavy atom. The smallest absolute Gasteiger partial charge is 0.266 e. The summed E-state index contributed by atoms with van der Waals surface area (Å²) in [7, 11) is 0. The first-order valence-corrected chi connectivity index (χ1v) is 11.1. The SMILES string of the molecule is CC(C)c1cccc(C(C)C)c1N1C(=O)c2ccc(Sc3ccccc3)cc2C1=O. The zero-order valence-corrected chi connectivity index (χ0v) is 18.5. The lowest BCUT2D eigenvalue weighted by Crippen LogP contribution is -2.31. The molecule has 0 atom stereocenters. The van der Waals surface area contributed by atoms with Crippen LogP contribution in [0.15, 0.2) is 76.5 Å². The largest absolute Gasteiger partial charge is 0.268 e. The van der Waals surface area contributed by atoms with Crippen molar-refractivity contribution < 1.29 is 9.59 Å². The summed E-state index contributed by atoms with van der Waals surface area (Å²) in [6.45, 7) is 8.37. The number of fused-ring (bicyclic) bond motifs is 1. The van der Waals surface area contributed by atoms with Crippen molar-refractivity contribution in [3.05, 3.63) is 89.0 Å². The van der Waals surface area contributed by atoms with Crippen LogP contribution in [0, 0.1) is 0 Å². The summed E-state index contributed by atoms with van der Waals surface area (Å²) < 4.78 is 0. The Hall–Kier alpha value is -2.85. The van der Waals surface area contributed by atoms with Gasteiger partial charge in [-0.05, 0) is 53.3 Å². The Morgan fingerprint density at radius 1 is 0.667 bits per heavy atom. The minimum absolute atomic E-state index is 0.201. The van der Waals surface area contributed by atoms with E-state index in [1.54, 1.807) is 17.8 Å². The van der Waals surface area contributed by atoms with Crippen LogP contribution in [-0.2, 0) is 0 Å². The number of imide groups is 1. The second kappa shape index (κ2) is 8.11. The van der Waals surface area contributed by atoms with Gasteiger partial charge in [0.2, 0.25) is 0 Å². The fourth-order valence-corrected chi connectivity index (χ4v) is 4.76. The van der Waals surface area contributed by atoms with Crippen LogP contribution in [0.4, 0.5) is 5.69 Å². The second-order valence-corrected chi connectivity index (χ2v) is 9.31. The zero-order chi connectivity index (χ0) is 21.4. The highest BCUT2D eigenvalue weighted by Gasteiger charge is 2.39. The third kappa shape index (κ3) is 3.56. The van der Waals surface area contributed by atoms with Gasteiger partial charge in [-0.15, -0.1) is 0 Å². The molecule has 0 saturated heterocycles. The molecule has 0 radical (unpaired) electrons. The van der Waals surface area contributed by atoms with E-state index in [1.165, 1.54) is 4.90 Å². The van der Waals surface area contributed by atoms with Crippen LogP contribution in [0.3, 0.4) is 0 Å². The van der Waals surface area contributed by atoms with Gasteiger partial charge < -0.3 is 0 Å². The number of hydrogen-bond acceptors (Lipinski definition) is 3. The number of para-hydroxylation sites is 1. The lowest BCUT2D eigenvalue weighted by molar-refractivity contribution is 0.0925. The highest BCUT2D eigenvalue weighted by atomic mass is 32.2. The van der Waals surface area contributed by atoms with Crippen LogP contribution in [0.1, 0.15) is 71.4 Å². The van der Waals surface area contributed by atoms with Crippen LogP contribution in [0.25, 0.3) is 0 Å². The first-order chi connectivity index (χ1) is 14.4. The molecule has 3 aromatic carbocycles. The maximum atomic E-state index is 13.5. The van der Waals surface area contributed by atoms with Crippen molar-refractivity contribution in [2.24, 2.45) is 0 Å². The molecule has 0 fully saturated rings. The van der Waals surface area contributed by atoms with Crippen molar-refractivity contribution in [3.8, 4) is 0 Å². The van der Waals surface area contributed by atoms with E-state index in [4.69, 9.17) is 0 Å². The molecule has 152 valence electrons. The molecule has 4 heteroatoms. The number of carbonyl (C=O) groups excluding carboxylic acids is 2. The molecule has 1 aliphatic rings. The van der Waals surface area contributed by atoms with E-state index in [9.17, 15) is 9.59 Å². The maximum absolute atomic E-state index is 13.5. The van der Waals surface area contributed by atoms with E-state index in [0.29, 0.717) is 11.1 Å². The molecule has 0 spiro atoms. The molecule has 3 nitrogen and oxygen atoms in total. The number of benzene rings is 3. The topological polar surface area (TPSA) is 37.4 Å². The third-order valence-corrected chi connectivity index (χ3v) is 6.40. The Morgan fingerprint density at radius 2 is 1.27 bits per heavy atom. The van der Waals surface area contributed by atoms with Crippen LogP contribution in [-0.4, -0.2) is 11.8 Å². The molecule has 4 rings (SSSR count). The fourth-order valence-electron chi connectivity index (χ4n) is 3.88. The first-order valence-electron chi connectivity index (χ1n) is 10.3. The Labute approximate surface area is 182 Å². The van der Waals surface area contributed by atoms with Gasteiger partial charge in [0, 0.05) is 9.79 Å². The molecule has 0 aliphatic carbocycles. The summed E-state index contributed by atoms with van der Waals surface area (Å²) in [5.41, 5.74) is 3.76. The molecule has 0 N–H and O–H groups in total. The quantitative estimate of drug-likeness (QED) is 0.426. The molecule has 1 heterocycles. The number of anilines is 1. The zero-order valence-electron chi connectivity index (χ0n) is 17.7. The van der Waals surface area contributed by atoms with E-state index in [-0.39, 0.29) is 23.7 Å². The number of hydrogen-bond donors (Lipinski definition) is 0. The van der Waals surface area contributed by atoms with Crippen LogP contribution < -0.4 is 4.90 Å². The summed E-state index contributed by atoms with van der Waals surface area (Å²) in [6.07, 6.45) is 0. The fraction of sp³-hybridized carbons (Fsp3) is 0.231. The van der Waals surface area contributed by atoms with E-state index < -0.39 is 0 Å². The summed E-state index contributed by atoms with van der Waals surface area (Å²) in [5.74, 6) is -0.0683. The predicted octanol–water partition coefficient (Wildman–Crippen LogP) is 6.89. The number of amides is 2. The molecule has 0 bridgehead atoms. The number of carbonyl (C=O) groups is 2. The van der Waals surface area contributed by atoms with Gasteiger partial charge in [0.05, 0.1) is 16.8 Å². The molecule has 2 amide bonds. The van der Waals surface area contributed by atoms with Crippen molar-refractivity contribution in [3.63, 3.8) is 0 Å². The van der Waals surface area contributed by atoms with Gasteiger partial charge in [-0.2, -0.15) is 0 Å². The first kappa shape index (κ1) is 20.4. The standard InChI is InChI=1S/C26H25NO2S/c1-16(2)20-11-8-12-21(17(3)4)24(20)27-25(28)22-14-13-19(15-23(22)26(27)29)30-18-9-6-5-7-10-18/h5-17H,1-4H3.